The number of hydrazone groups is 1. The molecular weight excluding hydrogens is 388 g/mol. The van der Waals surface area contributed by atoms with E-state index in [1.807, 2.05) is 12.1 Å². The van der Waals surface area contributed by atoms with E-state index < -0.39 is 20.6 Å². The lowest BCUT2D eigenvalue weighted by Gasteiger charge is -2.04. The number of anilines is 1. The number of hydrogen-bond donors (Lipinski definition) is 2. The number of nitrogens with two attached hydrogens (primary N) is 1. The van der Waals surface area contributed by atoms with Crippen LogP contribution in [0, 0.1) is 10.1 Å². The quantitative estimate of drug-likeness (QED) is 0.454. The van der Waals surface area contributed by atoms with E-state index in [1.54, 1.807) is 12.1 Å². The average molecular weight is 399 g/mol. The molecule has 0 fully saturated rings. The Balaban J connectivity index is 2.25. The van der Waals surface area contributed by atoms with Crippen LogP contribution >= 0.6 is 15.9 Å². The summed E-state index contributed by atoms with van der Waals surface area (Å²) in [4.78, 5) is 9.99. The Kier molecular flexibility index (Phi) is 5.08. The first-order valence-electron chi connectivity index (χ1n) is 6.13. The second-order valence-corrected chi connectivity index (χ2v) is 6.88. The minimum absolute atomic E-state index is 0.0516. The van der Waals surface area contributed by atoms with Gasteiger partial charge in [0.1, 0.15) is 5.69 Å². The maximum Gasteiger partial charge on any atom is 0.295 e. The Hall–Kier alpha value is -2.30. The van der Waals surface area contributed by atoms with Gasteiger partial charge in [0, 0.05) is 10.5 Å². The lowest BCUT2D eigenvalue weighted by atomic mass is 10.2. The van der Waals surface area contributed by atoms with Gasteiger partial charge >= 0.3 is 0 Å². The molecule has 2 aromatic carbocycles. The van der Waals surface area contributed by atoms with E-state index in [9.17, 15) is 18.5 Å². The van der Waals surface area contributed by atoms with Gasteiger partial charge in [-0.2, -0.15) is 5.10 Å². The maximum atomic E-state index is 11.2. The van der Waals surface area contributed by atoms with Crippen LogP contribution in [0.1, 0.15) is 5.56 Å². The number of nitrogens with one attached hydrogen (secondary N) is 1. The first kappa shape index (κ1) is 17.1. The number of nitro benzene ring substituents is 1. The van der Waals surface area contributed by atoms with Crippen molar-refractivity contribution in [3.05, 3.63) is 62.6 Å². The zero-order chi connectivity index (χ0) is 17.0. The fourth-order valence-corrected chi connectivity index (χ4v) is 2.46. The molecule has 0 aliphatic carbocycles. The molecule has 0 spiro atoms. The lowest BCUT2D eigenvalue weighted by molar-refractivity contribution is -0.384. The average Bonchev–Trinajstić information content (AvgIpc) is 2.48. The van der Waals surface area contributed by atoms with Gasteiger partial charge in [0.15, 0.2) is 0 Å². The molecule has 23 heavy (non-hydrogen) atoms. The van der Waals surface area contributed by atoms with Crippen LogP contribution in [-0.4, -0.2) is 19.6 Å². The number of benzene rings is 2. The van der Waals surface area contributed by atoms with Crippen molar-refractivity contribution in [1.29, 1.82) is 0 Å². The third kappa shape index (κ3) is 4.58. The predicted molar refractivity (Wildman–Crippen MR) is 89.8 cm³/mol. The van der Waals surface area contributed by atoms with Gasteiger partial charge in [0.25, 0.3) is 5.69 Å². The standard InChI is InChI=1S/C13H11BrN4O4S/c14-10-3-1-9(2-4-10)8-16-17-12-6-5-11(23(15,21)22)7-13(12)18(19)20/h1-8,17H,(H2,15,21,22)/b16-8-. The topological polar surface area (TPSA) is 128 Å². The Morgan fingerprint density at radius 2 is 1.87 bits per heavy atom. The van der Waals surface area contributed by atoms with Gasteiger partial charge in [-0.05, 0) is 29.8 Å². The zero-order valence-corrected chi connectivity index (χ0v) is 13.9. The summed E-state index contributed by atoms with van der Waals surface area (Å²) < 4.78 is 23.4. The molecule has 0 heterocycles. The molecule has 0 saturated carbocycles. The third-order valence-corrected chi connectivity index (χ3v) is 4.20. The molecule has 0 aliphatic rings. The molecule has 0 aromatic heterocycles. The molecule has 0 saturated heterocycles. The highest BCUT2D eigenvalue weighted by atomic mass is 79.9. The zero-order valence-electron chi connectivity index (χ0n) is 11.5. The van der Waals surface area contributed by atoms with Crippen LogP contribution in [0.4, 0.5) is 11.4 Å². The third-order valence-electron chi connectivity index (χ3n) is 2.76. The summed E-state index contributed by atoms with van der Waals surface area (Å²) in [6.07, 6.45) is 1.48. The van der Waals surface area contributed by atoms with Crippen molar-refractivity contribution >= 4 is 43.5 Å². The van der Waals surface area contributed by atoms with Crippen LogP contribution in [0.15, 0.2) is 56.9 Å². The molecule has 10 heteroatoms. The Bertz CT molecular complexity index is 866. The van der Waals surface area contributed by atoms with Crippen LogP contribution in [0.2, 0.25) is 0 Å². The molecule has 0 amide bonds. The monoisotopic (exact) mass is 398 g/mol. The molecule has 0 unspecified atom stereocenters. The van der Waals surface area contributed by atoms with E-state index in [-0.39, 0.29) is 10.6 Å². The van der Waals surface area contributed by atoms with Crippen LogP contribution in [-0.2, 0) is 10.0 Å². The Labute approximate surface area is 140 Å². The van der Waals surface area contributed by atoms with Crippen molar-refractivity contribution in [2.45, 2.75) is 4.90 Å². The molecule has 2 rings (SSSR count). The van der Waals surface area contributed by atoms with Crippen molar-refractivity contribution in [1.82, 2.24) is 0 Å². The smallest absolute Gasteiger partial charge is 0.272 e. The normalized spacial score (nSPS) is 11.6. The number of nitro groups is 1. The summed E-state index contributed by atoms with van der Waals surface area (Å²) in [5, 5.41) is 19.9. The summed E-state index contributed by atoms with van der Waals surface area (Å²) in [6, 6.07) is 10.5. The van der Waals surface area contributed by atoms with Gasteiger partial charge in [0.05, 0.1) is 16.0 Å². The minimum atomic E-state index is -4.02. The largest absolute Gasteiger partial charge is 0.295 e. The van der Waals surface area contributed by atoms with Crippen LogP contribution in [0.5, 0.6) is 0 Å². The highest BCUT2D eigenvalue weighted by molar-refractivity contribution is 9.10. The van der Waals surface area contributed by atoms with E-state index in [0.29, 0.717) is 0 Å². The van der Waals surface area contributed by atoms with E-state index in [4.69, 9.17) is 5.14 Å². The van der Waals surface area contributed by atoms with Crippen molar-refractivity contribution < 1.29 is 13.3 Å². The van der Waals surface area contributed by atoms with Crippen molar-refractivity contribution in [3.8, 4) is 0 Å². The summed E-state index contributed by atoms with van der Waals surface area (Å²) >= 11 is 3.30. The van der Waals surface area contributed by atoms with Crippen molar-refractivity contribution in [3.63, 3.8) is 0 Å². The number of sulfonamides is 1. The lowest BCUT2D eigenvalue weighted by Crippen LogP contribution is -2.12. The highest BCUT2D eigenvalue weighted by Crippen LogP contribution is 2.27. The molecule has 8 nitrogen and oxygen atoms in total. The second-order valence-electron chi connectivity index (χ2n) is 4.40. The Morgan fingerprint density at radius 3 is 2.43 bits per heavy atom. The molecule has 120 valence electrons. The van der Waals surface area contributed by atoms with Gasteiger partial charge in [-0.1, -0.05) is 28.1 Å². The van der Waals surface area contributed by atoms with Gasteiger partial charge < -0.3 is 0 Å². The van der Waals surface area contributed by atoms with Gasteiger partial charge in [-0.25, -0.2) is 13.6 Å². The van der Waals surface area contributed by atoms with E-state index in [0.717, 1.165) is 16.1 Å². The number of primary sulfonamides is 1. The maximum absolute atomic E-state index is 11.2. The molecule has 0 aliphatic heterocycles. The second kappa shape index (κ2) is 6.86. The summed E-state index contributed by atoms with van der Waals surface area (Å²) in [5.74, 6) is 0. The van der Waals surface area contributed by atoms with E-state index in [1.165, 1.54) is 18.3 Å². The Morgan fingerprint density at radius 1 is 1.22 bits per heavy atom. The summed E-state index contributed by atoms with van der Waals surface area (Å²) in [6.45, 7) is 0. The molecule has 0 bridgehead atoms. The van der Waals surface area contributed by atoms with Crippen LogP contribution < -0.4 is 10.6 Å². The molecule has 0 atom stereocenters. The van der Waals surface area contributed by atoms with Gasteiger partial charge in [-0.15, -0.1) is 0 Å². The summed E-state index contributed by atoms with van der Waals surface area (Å²) in [5.41, 5.74) is 2.91. The molecule has 3 N–H and O–H groups in total. The molecular formula is C13H11BrN4O4S. The van der Waals surface area contributed by atoms with Crippen LogP contribution in [0.25, 0.3) is 0 Å². The van der Waals surface area contributed by atoms with Crippen molar-refractivity contribution in [2.75, 3.05) is 5.43 Å². The number of halogens is 1. The fourth-order valence-electron chi connectivity index (χ4n) is 1.66. The first-order chi connectivity index (χ1) is 10.8. The van der Waals surface area contributed by atoms with E-state index in [2.05, 4.69) is 26.5 Å². The van der Waals surface area contributed by atoms with Gasteiger partial charge in [-0.3, -0.25) is 15.5 Å². The number of nitrogens with zero attached hydrogens (tertiary/aromatic N) is 2. The number of rotatable bonds is 5. The fraction of sp³-hybridized carbons (Fsp3) is 0. The van der Waals surface area contributed by atoms with Gasteiger partial charge in [0.2, 0.25) is 10.0 Å². The van der Waals surface area contributed by atoms with Crippen LogP contribution in [0.3, 0.4) is 0 Å². The molecule has 2 aromatic rings. The first-order valence-corrected chi connectivity index (χ1v) is 8.47. The minimum Gasteiger partial charge on any atom is -0.272 e. The van der Waals surface area contributed by atoms with E-state index >= 15 is 0 Å². The predicted octanol–water partition coefficient (Wildman–Crippen LogP) is 2.45. The SMILES string of the molecule is NS(=O)(=O)c1ccc(N/N=C\c2ccc(Br)cc2)c([N+](=O)[O-])c1. The van der Waals surface area contributed by atoms with Crippen molar-refractivity contribution in [2.24, 2.45) is 10.2 Å². The number of hydrogen-bond acceptors (Lipinski definition) is 6. The molecule has 0 radical (unpaired) electrons. The highest BCUT2D eigenvalue weighted by Gasteiger charge is 2.18. The summed E-state index contributed by atoms with van der Waals surface area (Å²) in [7, 11) is -4.02.